The largest absolute Gasteiger partial charge is 0.379 e. The number of morpholine rings is 1. The minimum Gasteiger partial charge on any atom is -0.379 e. The molecule has 4 nitrogen and oxygen atoms in total. The van der Waals surface area contributed by atoms with Gasteiger partial charge in [-0.25, -0.2) is 0 Å². The Bertz CT molecular complexity index is 431. The van der Waals surface area contributed by atoms with Crippen LogP contribution in [0.15, 0.2) is 24.3 Å². The molecule has 0 spiro atoms. The van der Waals surface area contributed by atoms with E-state index >= 15 is 0 Å². The third kappa shape index (κ3) is 3.04. The maximum absolute atomic E-state index is 5.98. The lowest BCUT2D eigenvalue weighted by molar-refractivity contribution is 0.0355. The van der Waals surface area contributed by atoms with E-state index in [1.54, 1.807) is 0 Å². The van der Waals surface area contributed by atoms with Gasteiger partial charge in [0.15, 0.2) is 0 Å². The first-order valence-corrected chi connectivity index (χ1v) is 7.70. The molecule has 0 aliphatic carbocycles. The predicted molar refractivity (Wildman–Crippen MR) is 80.5 cm³/mol. The predicted octanol–water partition coefficient (Wildman–Crippen LogP) is 1.22. The summed E-state index contributed by atoms with van der Waals surface area (Å²) in [7, 11) is 0. The SMILES string of the molecule is NCC1c2ccccc2CN1CCCN1CCOCC1. The smallest absolute Gasteiger partial charge is 0.0594 e. The second kappa shape index (κ2) is 6.68. The van der Waals surface area contributed by atoms with Gasteiger partial charge in [0, 0.05) is 38.8 Å². The zero-order valence-electron chi connectivity index (χ0n) is 12.1. The van der Waals surface area contributed by atoms with Gasteiger partial charge in [-0.05, 0) is 24.1 Å². The molecule has 0 radical (unpaired) electrons. The van der Waals surface area contributed by atoms with Crippen molar-refractivity contribution in [1.29, 1.82) is 0 Å². The Balaban J connectivity index is 1.51. The Morgan fingerprint density at radius 1 is 1.15 bits per heavy atom. The van der Waals surface area contributed by atoms with Gasteiger partial charge in [-0.3, -0.25) is 9.80 Å². The highest BCUT2D eigenvalue weighted by Gasteiger charge is 2.28. The standard InChI is InChI=1S/C16H25N3O/c17-12-16-15-5-2-1-4-14(15)13-19(16)7-3-6-18-8-10-20-11-9-18/h1-2,4-5,16H,3,6-13,17H2. The summed E-state index contributed by atoms with van der Waals surface area (Å²) in [6.07, 6.45) is 1.21. The van der Waals surface area contributed by atoms with Crippen LogP contribution in [0.3, 0.4) is 0 Å². The summed E-state index contributed by atoms with van der Waals surface area (Å²) in [5.41, 5.74) is 8.87. The van der Waals surface area contributed by atoms with Gasteiger partial charge in [0.1, 0.15) is 0 Å². The van der Waals surface area contributed by atoms with E-state index in [1.165, 1.54) is 24.1 Å². The van der Waals surface area contributed by atoms with E-state index in [2.05, 4.69) is 34.1 Å². The monoisotopic (exact) mass is 275 g/mol. The van der Waals surface area contributed by atoms with Crippen LogP contribution in [0.5, 0.6) is 0 Å². The van der Waals surface area contributed by atoms with Crippen molar-refractivity contribution in [2.45, 2.75) is 19.0 Å². The van der Waals surface area contributed by atoms with Crippen LogP contribution in [-0.2, 0) is 11.3 Å². The zero-order valence-corrected chi connectivity index (χ0v) is 12.1. The maximum Gasteiger partial charge on any atom is 0.0594 e. The highest BCUT2D eigenvalue weighted by atomic mass is 16.5. The number of rotatable bonds is 5. The van der Waals surface area contributed by atoms with Crippen LogP contribution in [0.4, 0.5) is 0 Å². The van der Waals surface area contributed by atoms with E-state index in [0.29, 0.717) is 12.6 Å². The molecule has 4 heteroatoms. The summed E-state index contributed by atoms with van der Waals surface area (Å²) in [4.78, 5) is 5.04. The first-order valence-electron chi connectivity index (χ1n) is 7.70. The number of nitrogens with two attached hydrogens (primary N) is 1. The normalized spacial score (nSPS) is 23.9. The van der Waals surface area contributed by atoms with Crippen LogP contribution in [0.25, 0.3) is 0 Å². The molecule has 1 unspecified atom stereocenters. The summed E-state index contributed by atoms with van der Waals surface area (Å²) >= 11 is 0. The summed E-state index contributed by atoms with van der Waals surface area (Å²) in [5.74, 6) is 0. The lowest BCUT2D eigenvalue weighted by Gasteiger charge is -2.28. The van der Waals surface area contributed by atoms with E-state index in [1.807, 2.05) is 0 Å². The zero-order chi connectivity index (χ0) is 13.8. The molecule has 1 atom stereocenters. The van der Waals surface area contributed by atoms with Crippen molar-refractivity contribution < 1.29 is 4.74 Å². The van der Waals surface area contributed by atoms with Crippen LogP contribution in [0, 0.1) is 0 Å². The Morgan fingerprint density at radius 2 is 1.95 bits per heavy atom. The molecule has 1 aromatic carbocycles. The van der Waals surface area contributed by atoms with E-state index < -0.39 is 0 Å². The van der Waals surface area contributed by atoms with E-state index in [4.69, 9.17) is 10.5 Å². The third-order valence-corrected chi connectivity index (χ3v) is 4.47. The molecule has 0 amide bonds. The molecule has 110 valence electrons. The minimum atomic E-state index is 0.413. The van der Waals surface area contributed by atoms with E-state index in [-0.39, 0.29) is 0 Å². The van der Waals surface area contributed by atoms with Gasteiger partial charge in [0.25, 0.3) is 0 Å². The van der Waals surface area contributed by atoms with Gasteiger partial charge >= 0.3 is 0 Å². The first kappa shape index (κ1) is 14.0. The lowest BCUT2D eigenvalue weighted by atomic mass is 10.1. The molecule has 2 N–H and O–H groups in total. The number of hydrogen-bond donors (Lipinski definition) is 1. The first-order chi connectivity index (χ1) is 9.88. The molecule has 2 aliphatic heterocycles. The summed E-state index contributed by atoms with van der Waals surface area (Å²) in [5, 5.41) is 0. The summed E-state index contributed by atoms with van der Waals surface area (Å²) in [6, 6.07) is 9.13. The molecule has 0 saturated carbocycles. The Hall–Kier alpha value is -0.940. The quantitative estimate of drug-likeness (QED) is 0.877. The average Bonchev–Trinajstić information content (AvgIpc) is 2.86. The number of ether oxygens (including phenoxy) is 1. The van der Waals surface area contributed by atoms with Gasteiger partial charge in [-0.2, -0.15) is 0 Å². The Morgan fingerprint density at radius 3 is 2.75 bits per heavy atom. The van der Waals surface area contributed by atoms with Crippen molar-refractivity contribution in [3.63, 3.8) is 0 Å². The molecular weight excluding hydrogens is 250 g/mol. The second-order valence-corrected chi connectivity index (χ2v) is 5.73. The Kier molecular flexibility index (Phi) is 4.68. The highest BCUT2D eigenvalue weighted by molar-refractivity contribution is 5.34. The fourth-order valence-electron chi connectivity index (χ4n) is 3.36. The molecule has 0 aromatic heterocycles. The van der Waals surface area contributed by atoms with Crippen LogP contribution in [-0.4, -0.2) is 55.7 Å². The molecular formula is C16H25N3O. The van der Waals surface area contributed by atoms with Gasteiger partial charge in [0.05, 0.1) is 13.2 Å². The third-order valence-electron chi connectivity index (χ3n) is 4.47. The second-order valence-electron chi connectivity index (χ2n) is 5.73. The molecule has 20 heavy (non-hydrogen) atoms. The molecule has 3 rings (SSSR count). The molecule has 1 fully saturated rings. The number of hydrogen-bond acceptors (Lipinski definition) is 4. The fraction of sp³-hybridized carbons (Fsp3) is 0.625. The van der Waals surface area contributed by atoms with Gasteiger partial charge in [0.2, 0.25) is 0 Å². The van der Waals surface area contributed by atoms with E-state index in [0.717, 1.165) is 39.4 Å². The maximum atomic E-state index is 5.98. The number of nitrogens with zero attached hydrogens (tertiary/aromatic N) is 2. The van der Waals surface area contributed by atoms with Gasteiger partial charge in [-0.15, -0.1) is 0 Å². The van der Waals surface area contributed by atoms with Crippen LogP contribution >= 0.6 is 0 Å². The Labute approximate surface area is 121 Å². The summed E-state index contributed by atoms with van der Waals surface area (Å²) < 4.78 is 5.39. The van der Waals surface area contributed by atoms with Crippen molar-refractivity contribution in [1.82, 2.24) is 9.80 Å². The van der Waals surface area contributed by atoms with Crippen molar-refractivity contribution in [3.8, 4) is 0 Å². The molecule has 0 bridgehead atoms. The van der Waals surface area contributed by atoms with Crippen LogP contribution < -0.4 is 5.73 Å². The fourth-order valence-corrected chi connectivity index (χ4v) is 3.36. The van der Waals surface area contributed by atoms with Crippen molar-refractivity contribution in [3.05, 3.63) is 35.4 Å². The van der Waals surface area contributed by atoms with Crippen molar-refractivity contribution >= 4 is 0 Å². The topological polar surface area (TPSA) is 41.7 Å². The highest BCUT2D eigenvalue weighted by Crippen LogP contribution is 2.32. The van der Waals surface area contributed by atoms with E-state index in [9.17, 15) is 0 Å². The van der Waals surface area contributed by atoms with Crippen LogP contribution in [0.1, 0.15) is 23.6 Å². The van der Waals surface area contributed by atoms with Gasteiger partial charge < -0.3 is 10.5 Å². The molecule has 1 aromatic rings. The molecule has 1 saturated heterocycles. The van der Waals surface area contributed by atoms with Crippen LogP contribution in [0.2, 0.25) is 0 Å². The van der Waals surface area contributed by atoms with Crippen molar-refractivity contribution in [2.24, 2.45) is 5.73 Å². The van der Waals surface area contributed by atoms with Crippen molar-refractivity contribution in [2.75, 3.05) is 45.9 Å². The lowest BCUT2D eigenvalue weighted by Crippen LogP contribution is -2.38. The summed E-state index contributed by atoms with van der Waals surface area (Å²) in [6.45, 7) is 8.03. The van der Waals surface area contributed by atoms with Gasteiger partial charge in [-0.1, -0.05) is 24.3 Å². The average molecular weight is 275 g/mol. The minimum absolute atomic E-state index is 0.413. The molecule has 2 heterocycles. The number of fused-ring (bicyclic) bond motifs is 1. The molecule has 2 aliphatic rings. The number of benzene rings is 1.